The molecule has 2 atom stereocenters. The zero-order valence-electron chi connectivity index (χ0n) is 16.9. The van der Waals surface area contributed by atoms with Crippen molar-refractivity contribution in [2.24, 2.45) is 0 Å². The van der Waals surface area contributed by atoms with Crippen molar-refractivity contribution in [2.75, 3.05) is 5.32 Å². The number of benzene rings is 2. The van der Waals surface area contributed by atoms with Gasteiger partial charge in [0.2, 0.25) is 0 Å². The second kappa shape index (κ2) is 8.07. The maximum absolute atomic E-state index is 13.5. The third-order valence-electron chi connectivity index (χ3n) is 5.52. The highest BCUT2D eigenvalue weighted by Gasteiger charge is 2.30. The Labute approximate surface area is 182 Å². The average Bonchev–Trinajstić information content (AvgIpc) is 3.49. The number of fused-ring (bicyclic) bond motifs is 1. The van der Waals surface area contributed by atoms with Crippen molar-refractivity contribution in [3.05, 3.63) is 65.7 Å². The van der Waals surface area contributed by atoms with Gasteiger partial charge in [0.1, 0.15) is 5.82 Å². The molecular weight excluding hydrogens is 415 g/mol. The number of halogens is 1. The van der Waals surface area contributed by atoms with Crippen LogP contribution in [0.4, 0.5) is 9.52 Å². The van der Waals surface area contributed by atoms with Gasteiger partial charge in [0.25, 0.3) is 5.91 Å². The Morgan fingerprint density at radius 2 is 1.94 bits per heavy atom. The van der Waals surface area contributed by atoms with E-state index in [0.717, 1.165) is 40.2 Å². The Morgan fingerprint density at radius 3 is 2.77 bits per heavy atom. The second-order valence-electron chi connectivity index (χ2n) is 7.73. The van der Waals surface area contributed by atoms with Gasteiger partial charge in [-0.3, -0.25) is 4.79 Å². The van der Waals surface area contributed by atoms with Crippen LogP contribution in [-0.2, 0) is 0 Å². The van der Waals surface area contributed by atoms with Gasteiger partial charge in [-0.1, -0.05) is 23.0 Å². The summed E-state index contributed by atoms with van der Waals surface area (Å²) < 4.78 is 14.3. The van der Waals surface area contributed by atoms with E-state index >= 15 is 0 Å². The maximum Gasteiger partial charge on any atom is 0.253 e. The first kappa shape index (κ1) is 19.6. The molecule has 9 heteroatoms. The Kier molecular flexibility index (Phi) is 5.11. The first-order chi connectivity index (χ1) is 15.1. The molecule has 0 radical (unpaired) electrons. The van der Waals surface area contributed by atoms with Crippen LogP contribution in [0.15, 0.2) is 48.8 Å². The monoisotopic (exact) mass is 436 g/mol. The van der Waals surface area contributed by atoms with Crippen molar-refractivity contribution in [3.8, 4) is 5.69 Å². The maximum atomic E-state index is 13.5. The normalized spacial score (nSPS) is 18.4. The van der Waals surface area contributed by atoms with Crippen LogP contribution in [0.25, 0.3) is 15.9 Å². The zero-order chi connectivity index (χ0) is 21.4. The second-order valence-corrected chi connectivity index (χ2v) is 8.76. The molecule has 1 fully saturated rings. The van der Waals surface area contributed by atoms with Gasteiger partial charge in [0.05, 0.1) is 33.9 Å². The molecule has 1 aliphatic rings. The lowest BCUT2D eigenvalue weighted by Crippen LogP contribution is -2.43. The third-order valence-corrected chi connectivity index (χ3v) is 6.47. The van der Waals surface area contributed by atoms with E-state index in [1.165, 1.54) is 28.3 Å². The van der Waals surface area contributed by atoms with Crippen LogP contribution in [0.2, 0.25) is 0 Å². The largest absolute Gasteiger partial charge is 0.357 e. The van der Waals surface area contributed by atoms with Crippen molar-refractivity contribution in [1.29, 1.82) is 0 Å². The summed E-state index contributed by atoms with van der Waals surface area (Å²) in [5.74, 6) is -0.421. The molecule has 2 aromatic carbocycles. The number of nitrogens with one attached hydrogen (secondary N) is 2. The molecule has 158 valence electrons. The van der Waals surface area contributed by atoms with Gasteiger partial charge in [-0.15, -0.1) is 0 Å². The highest BCUT2D eigenvalue weighted by molar-refractivity contribution is 7.22. The van der Waals surface area contributed by atoms with E-state index in [9.17, 15) is 9.18 Å². The molecule has 31 heavy (non-hydrogen) atoms. The molecule has 5 rings (SSSR count). The van der Waals surface area contributed by atoms with Gasteiger partial charge in [-0.2, -0.15) is 15.0 Å². The van der Waals surface area contributed by atoms with Gasteiger partial charge < -0.3 is 10.6 Å². The van der Waals surface area contributed by atoms with Gasteiger partial charge >= 0.3 is 0 Å². The SMILES string of the molecule is Cc1ccc(-n2nccn2)c(C(=O)N[C@H]2CCC[C@@H]2Nc2nc3ccc(F)cc3s2)c1. The molecule has 2 heterocycles. The van der Waals surface area contributed by atoms with E-state index in [2.05, 4.69) is 25.8 Å². The van der Waals surface area contributed by atoms with Crippen LogP contribution in [0.3, 0.4) is 0 Å². The van der Waals surface area contributed by atoms with E-state index in [0.29, 0.717) is 11.3 Å². The predicted molar refractivity (Wildman–Crippen MR) is 118 cm³/mol. The Balaban J connectivity index is 1.34. The van der Waals surface area contributed by atoms with Crippen LogP contribution in [0.1, 0.15) is 35.2 Å². The summed E-state index contributed by atoms with van der Waals surface area (Å²) in [5.41, 5.74) is 2.94. The van der Waals surface area contributed by atoms with Crippen molar-refractivity contribution in [1.82, 2.24) is 25.3 Å². The lowest BCUT2D eigenvalue weighted by Gasteiger charge is -2.22. The molecule has 2 aromatic heterocycles. The van der Waals surface area contributed by atoms with Gasteiger partial charge in [0.15, 0.2) is 5.13 Å². The van der Waals surface area contributed by atoms with E-state index < -0.39 is 0 Å². The lowest BCUT2D eigenvalue weighted by atomic mass is 10.1. The van der Waals surface area contributed by atoms with Crippen LogP contribution < -0.4 is 10.6 Å². The smallest absolute Gasteiger partial charge is 0.253 e. The molecule has 0 aliphatic heterocycles. The van der Waals surface area contributed by atoms with Gasteiger partial charge in [0, 0.05) is 12.1 Å². The Hall–Kier alpha value is -3.33. The van der Waals surface area contributed by atoms with E-state index in [4.69, 9.17) is 0 Å². The molecule has 0 saturated heterocycles. The van der Waals surface area contributed by atoms with Crippen LogP contribution in [-0.4, -0.2) is 38.0 Å². The number of thiazole rings is 1. The third kappa shape index (κ3) is 4.00. The summed E-state index contributed by atoms with van der Waals surface area (Å²) in [5, 5.41) is 15.7. The standard InChI is InChI=1S/C22H21FN6OS/c1-13-5-8-19(29-24-9-10-25-29)15(11-13)21(30)26-16-3-2-4-17(16)27-22-28-18-7-6-14(23)12-20(18)31-22/h5-12,16-17H,2-4H2,1H3,(H,26,30)(H,27,28)/t16-,17-/m0/s1. The zero-order valence-corrected chi connectivity index (χ0v) is 17.7. The fraction of sp³-hybridized carbons (Fsp3) is 0.273. The first-order valence-electron chi connectivity index (χ1n) is 10.2. The topological polar surface area (TPSA) is 84.7 Å². The fourth-order valence-corrected chi connectivity index (χ4v) is 4.97. The highest BCUT2D eigenvalue weighted by atomic mass is 32.1. The molecule has 7 nitrogen and oxygen atoms in total. The minimum atomic E-state index is -0.269. The van der Waals surface area contributed by atoms with Crippen LogP contribution in [0.5, 0.6) is 0 Å². The molecule has 0 bridgehead atoms. The van der Waals surface area contributed by atoms with Crippen molar-refractivity contribution in [3.63, 3.8) is 0 Å². The van der Waals surface area contributed by atoms with Crippen molar-refractivity contribution < 1.29 is 9.18 Å². The number of rotatable bonds is 5. The number of amides is 1. The number of aryl methyl sites for hydroxylation is 1. The van der Waals surface area contributed by atoms with Crippen molar-refractivity contribution >= 4 is 32.6 Å². The molecule has 1 saturated carbocycles. The quantitative estimate of drug-likeness (QED) is 0.492. The van der Waals surface area contributed by atoms with E-state index in [-0.39, 0.29) is 23.8 Å². The molecule has 2 N–H and O–H groups in total. The fourth-order valence-electron chi connectivity index (χ4n) is 4.02. The first-order valence-corrected chi connectivity index (χ1v) is 11.0. The minimum Gasteiger partial charge on any atom is -0.357 e. The molecular formula is C22H21FN6OS. The minimum absolute atomic E-state index is 0.0322. The summed E-state index contributed by atoms with van der Waals surface area (Å²) >= 11 is 1.42. The number of anilines is 1. The van der Waals surface area contributed by atoms with Crippen LogP contribution >= 0.6 is 11.3 Å². The van der Waals surface area contributed by atoms with Crippen LogP contribution in [0, 0.1) is 12.7 Å². The summed E-state index contributed by atoms with van der Waals surface area (Å²) in [6.07, 6.45) is 5.98. The Bertz CT molecular complexity index is 1240. The van der Waals surface area contributed by atoms with Gasteiger partial charge in [-0.05, 0) is 56.5 Å². The molecule has 4 aromatic rings. The van der Waals surface area contributed by atoms with E-state index in [1.807, 2.05) is 25.1 Å². The summed E-state index contributed by atoms with van der Waals surface area (Å²) in [6.45, 7) is 1.95. The summed E-state index contributed by atoms with van der Waals surface area (Å²) in [7, 11) is 0. The molecule has 1 aliphatic carbocycles. The summed E-state index contributed by atoms with van der Waals surface area (Å²) in [6, 6.07) is 10.3. The number of carbonyl (C=O) groups excluding carboxylic acids is 1. The van der Waals surface area contributed by atoms with Gasteiger partial charge in [-0.25, -0.2) is 9.37 Å². The number of nitrogens with zero attached hydrogens (tertiary/aromatic N) is 4. The predicted octanol–water partition coefficient (Wildman–Crippen LogP) is 4.09. The average molecular weight is 437 g/mol. The number of hydrogen-bond acceptors (Lipinski definition) is 6. The number of hydrogen-bond donors (Lipinski definition) is 2. The summed E-state index contributed by atoms with van der Waals surface area (Å²) in [4.78, 5) is 19.2. The molecule has 0 unspecified atom stereocenters. The highest BCUT2D eigenvalue weighted by Crippen LogP contribution is 2.30. The molecule has 0 spiro atoms. The van der Waals surface area contributed by atoms with Crippen molar-refractivity contribution in [2.45, 2.75) is 38.3 Å². The number of aromatic nitrogens is 4. The molecule has 1 amide bonds. The number of carbonyl (C=O) groups is 1. The Morgan fingerprint density at radius 1 is 1.13 bits per heavy atom. The lowest BCUT2D eigenvalue weighted by molar-refractivity contribution is 0.0935. The van der Waals surface area contributed by atoms with E-state index in [1.54, 1.807) is 18.5 Å².